The van der Waals surface area contributed by atoms with E-state index < -0.39 is 5.69 Å². The zero-order valence-electron chi connectivity index (χ0n) is 16.0. The Morgan fingerprint density at radius 3 is 2.38 bits per heavy atom. The van der Waals surface area contributed by atoms with Gasteiger partial charge in [0.05, 0.1) is 11.2 Å². The standard InChI is InChI=1S/C22H19N3O3S/c1-14-10-15(2)12-17(11-14)25-21(27)20-18(8-9-29-20)24(22(25)28)13-19(26)23-16-6-4-3-5-7-16/h3-12H,13H2,1-2H3,(H,23,26). The number of nitrogens with one attached hydrogen (secondary N) is 1. The average molecular weight is 405 g/mol. The summed E-state index contributed by atoms with van der Waals surface area (Å²) in [7, 11) is 0. The van der Waals surface area contributed by atoms with Gasteiger partial charge < -0.3 is 5.32 Å². The summed E-state index contributed by atoms with van der Waals surface area (Å²) in [5.41, 5.74) is 2.62. The first kappa shape index (κ1) is 18.9. The minimum atomic E-state index is -0.533. The number of hydrogen-bond donors (Lipinski definition) is 1. The molecule has 4 aromatic rings. The number of nitrogens with zero attached hydrogens (tertiary/aromatic N) is 2. The van der Waals surface area contributed by atoms with Gasteiger partial charge in [-0.3, -0.25) is 14.2 Å². The fourth-order valence-corrected chi connectivity index (χ4v) is 4.24. The van der Waals surface area contributed by atoms with E-state index in [9.17, 15) is 14.4 Å². The molecule has 6 nitrogen and oxygen atoms in total. The number of carbonyl (C=O) groups excluding carboxylic acids is 1. The highest BCUT2D eigenvalue weighted by atomic mass is 32.1. The number of rotatable bonds is 4. The number of para-hydroxylation sites is 1. The van der Waals surface area contributed by atoms with Crippen LogP contribution in [-0.4, -0.2) is 15.0 Å². The summed E-state index contributed by atoms with van der Waals surface area (Å²) in [6.07, 6.45) is 0. The van der Waals surface area contributed by atoms with Crippen LogP contribution < -0.4 is 16.6 Å². The zero-order valence-corrected chi connectivity index (χ0v) is 16.8. The Hall–Kier alpha value is -3.45. The summed E-state index contributed by atoms with van der Waals surface area (Å²) in [4.78, 5) is 38.9. The SMILES string of the molecule is Cc1cc(C)cc(-n2c(=O)c3sccc3n(CC(=O)Nc3ccccc3)c2=O)c1. The van der Waals surface area contributed by atoms with Crippen LogP contribution in [0.15, 0.2) is 69.6 Å². The van der Waals surface area contributed by atoms with E-state index in [-0.39, 0.29) is 18.0 Å². The number of aromatic nitrogens is 2. The third-order valence-corrected chi connectivity index (χ3v) is 5.47. The first-order chi connectivity index (χ1) is 13.9. The summed E-state index contributed by atoms with van der Waals surface area (Å²) in [6, 6.07) is 16.3. The maximum absolute atomic E-state index is 13.3. The first-order valence-corrected chi connectivity index (χ1v) is 9.98. The number of amides is 1. The minimum Gasteiger partial charge on any atom is -0.325 e. The zero-order chi connectivity index (χ0) is 20.5. The molecule has 2 aromatic carbocycles. The normalized spacial score (nSPS) is 11.0. The molecule has 0 saturated carbocycles. The lowest BCUT2D eigenvalue weighted by molar-refractivity contribution is -0.116. The summed E-state index contributed by atoms with van der Waals surface area (Å²) in [5, 5.41) is 4.54. The molecule has 0 atom stereocenters. The van der Waals surface area contributed by atoms with Crippen molar-refractivity contribution in [1.82, 2.24) is 9.13 Å². The van der Waals surface area contributed by atoms with E-state index in [0.717, 1.165) is 15.7 Å². The fourth-order valence-electron chi connectivity index (χ4n) is 3.41. The van der Waals surface area contributed by atoms with Gasteiger partial charge in [-0.15, -0.1) is 11.3 Å². The molecule has 2 aromatic heterocycles. The lowest BCUT2D eigenvalue weighted by atomic mass is 10.1. The molecular formula is C22H19N3O3S. The van der Waals surface area contributed by atoms with Gasteiger partial charge in [-0.1, -0.05) is 24.3 Å². The second-order valence-electron chi connectivity index (χ2n) is 6.90. The molecule has 0 unspecified atom stereocenters. The van der Waals surface area contributed by atoms with Gasteiger partial charge >= 0.3 is 5.69 Å². The molecule has 0 radical (unpaired) electrons. The Labute approximate surface area is 170 Å². The van der Waals surface area contributed by atoms with E-state index in [1.165, 1.54) is 15.9 Å². The molecule has 2 heterocycles. The maximum atomic E-state index is 13.3. The first-order valence-electron chi connectivity index (χ1n) is 9.10. The van der Waals surface area contributed by atoms with E-state index in [1.807, 2.05) is 38.1 Å². The van der Waals surface area contributed by atoms with E-state index in [2.05, 4.69) is 5.32 Å². The van der Waals surface area contributed by atoms with Gasteiger partial charge in [-0.05, 0) is 60.7 Å². The minimum absolute atomic E-state index is 0.188. The predicted octanol–water partition coefficient (Wildman–Crippen LogP) is 3.47. The molecule has 1 N–H and O–H groups in total. The van der Waals surface area contributed by atoms with Gasteiger partial charge in [0.1, 0.15) is 11.2 Å². The highest BCUT2D eigenvalue weighted by Gasteiger charge is 2.18. The average Bonchev–Trinajstić information content (AvgIpc) is 3.15. The quantitative estimate of drug-likeness (QED) is 0.565. The van der Waals surface area contributed by atoms with Crippen molar-refractivity contribution >= 4 is 33.1 Å². The predicted molar refractivity (Wildman–Crippen MR) is 116 cm³/mol. The number of aryl methyl sites for hydroxylation is 2. The molecular weight excluding hydrogens is 386 g/mol. The van der Waals surface area contributed by atoms with Crippen molar-refractivity contribution in [2.45, 2.75) is 20.4 Å². The molecule has 7 heteroatoms. The molecule has 0 aliphatic heterocycles. The van der Waals surface area contributed by atoms with Crippen molar-refractivity contribution in [2.24, 2.45) is 0 Å². The summed E-state index contributed by atoms with van der Waals surface area (Å²) >= 11 is 1.26. The van der Waals surface area contributed by atoms with E-state index in [1.54, 1.807) is 35.7 Å². The molecule has 0 aliphatic carbocycles. The van der Waals surface area contributed by atoms with Crippen molar-refractivity contribution < 1.29 is 4.79 Å². The van der Waals surface area contributed by atoms with Crippen LogP contribution in [0.1, 0.15) is 11.1 Å². The molecule has 146 valence electrons. The number of anilines is 1. The molecule has 0 aliphatic rings. The number of hydrogen-bond acceptors (Lipinski definition) is 4. The van der Waals surface area contributed by atoms with Gasteiger partial charge in [0.25, 0.3) is 5.56 Å². The second kappa shape index (κ2) is 7.52. The van der Waals surface area contributed by atoms with Crippen LogP contribution in [0, 0.1) is 13.8 Å². The van der Waals surface area contributed by atoms with Crippen LogP contribution in [0.5, 0.6) is 0 Å². The van der Waals surface area contributed by atoms with Crippen molar-refractivity contribution in [1.29, 1.82) is 0 Å². The molecule has 0 saturated heterocycles. The van der Waals surface area contributed by atoms with Crippen LogP contribution in [-0.2, 0) is 11.3 Å². The molecule has 29 heavy (non-hydrogen) atoms. The van der Waals surface area contributed by atoms with E-state index >= 15 is 0 Å². The van der Waals surface area contributed by atoms with Gasteiger partial charge in [-0.2, -0.15) is 0 Å². The molecule has 0 spiro atoms. The van der Waals surface area contributed by atoms with Gasteiger partial charge in [-0.25, -0.2) is 9.36 Å². The maximum Gasteiger partial charge on any atom is 0.336 e. The Morgan fingerprint density at radius 1 is 1.00 bits per heavy atom. The highest BCUT2D eigenvalue weighted by Crippen LogP contribution is 2.18. The van der Waals surface area contributed by atoms with Crippen LogP contribution in [0.2, 0.25) is 0 Å². The van der Waals surface area contributed by atoms with E-state index in [0.29, 0.717) is 21.6 Å². The molecule has 0 fully saturated rings. The van der Waals surface area contributed by atoms with Gasteiger partial charge in [0, 0.05) is 5.69 Å². The number of carbonyl (C=O) groups is 1. The lowest BCUT2D eigenvalue weighted by Crippen LogP contribution is -2.40. The van der Waals surface area contributed by atoms with Crippen LogP contribution in [0.4, 0.5) is 5.69 Å². The number of fused-ring (bicyclic) bond motifs is 1. The third-order valence-electron chi connectivity index (χ3n) is 4.58. The number of thiophene rings is 1. The Balaban J connectivity index is 1.84. The summed E-state index contributed by atoms with van der Waals surface area (Å²) < 4.78 is 2.94. The highest BCUT2D eigenvalue weighted by molar-refractivity contribution is 7.17. The summed E-state index contributed by atoms with van der Waals surface area (Å²) in [5.74, 6) is -0.337. The molecule has 0 bridgehead atoms. The fraction of sp³-hybridized carbons (Fsp3) is 0.136. The monoisotopic (exact) mass is 405 g/mol. The van der Waals surface area contributed by atoms with E-state index in [4.69, 9.17) is 0 Å². The largest absolute Gasteiger partial charge is 0.336 e. The molecule has 1 amide bonds. The van der Waals surface area contributed by atoms with Crippen LogP contribution in [0.25, 0.3) is 15.9 Å². The van der Waals surface area contributed by atoms with Gasteiger partial charge in [0.15, 0.2) is 0 Å². The number of benzene rings is 2. The Morgan fingerprint density at radius 2 is 1.69 bits per heavy atom. The summed E-state index contributed by atoms with van der Waals surface area (Å²) in [6.45, 7) is 3.64. The van der Waals surface area contributed by atoms with Crippen molar-refractivity contribution in [3.05, 3.63) is 91.9 Å². The Bertz CT molecular complexity index is 1310. The van der Waals surface area contributed by atoms with Crippen molar-refractivity contribution in [2.75, 3.05) is 5.32 Å². The third kappa shape index (κ3) is 3.64. The van der Waals surface area contributed by atoms with Crippen molar-refractivity contribution in [3.8, 4) is 5.69 Å². The van der Waals surface area contributed by atoms with Crippen LogP contribution >= 0.6 is 11.3 Å². The second-order valence-corrected chi connectivity index (χ2v) is 7.82. The van der Waals surface area contributed by atoms with Gasteiger partial charge in [0.2, 0.25) is 5.91 Å². The smallest absolute Gasteiger partial charge is 0.325 e. The molecule has 4 rings (SSSR count). The van der Waals surface area contributed by atoms with Crippen molar-refractivity contribution in [3.63, 3.8) is 0 Å². The van der Waals surface area contributed by atoms with Crippen LogP contribution in [0.3, 0.4) is 0 Å². The Kier molecular flexibility index (Phi) is 4.90. The topological polar surface area (TPSA) is 73.1 Å². The lowest BCUT2D eigenvalue weighted by Gasteiger charge is -2.13.